The number of aliphatic hydroxyl groups is 1. The molecule has 0 saturated carbocycles. The van der Waals surface area contributed by atoms with Crippen molar-refractivity contribution >= 4 is 29.1 Å². The summed E-state index contributed by atoms with van der Waals surface area (Å²) in [5.41, 5.74) is 4.66. The van der Waals surface area contributed by atoms with Crippen molar-refractivity contribution in [1.29, 1.82) is 0 Å². The fourth-order valence-corrected chi connectivity index (χ4v) is 3.83. The minimum atomic E-state index is -0.327. The lowest BCUT2D eigenvalue weighted by Gasteiger charge is -2.22. The molecule has 29 heavy (non-hydrogen) atoms. The molecule has 8 heteroatoms. The largest absolute Gasteiger partial charge is 0.395 e. The predicted octanol–water partition coefficient (Wildman–Crippen LogP) is 3.95. The molecule has 0 bridgehead atoms. The van der Waals surface area contributed by atoms with Gasteiger partial charge >= 0.3 is 0 Å². The number of hydrogen-bond donors (Lipinski definition) is 2. The molecule has 2 heterocycles. The number of imidazole rings is 1. The number of hydrogen-bond acceptors (Lipinski definition) is 4. The van der Waals surface area contributed by atoms with Crippen LogP contribution in [0.4, 0.5) is 0 Å². The highest BCUT2D eigenvalue weighted by Crippen LogP contribution is 2.29. The zero-order valence-electron chi connectivity index (χ0n) is 15.6. The van der Waals surface area contributed by atoms with E-state index < -0.39 is 0 Å². The monoisotopic (exact) mass is 430 g/mol. The van der Waals surface area contributed by atoms with Crippen molar-refractivity contribution in [2.24, 2.45) is 0 Å². The molecule has 0 aliphatic carbocycles. The smallest absolute Gasteiger partial charge is 0.285 e. The highest BCUT2D eigenvalue weighted by molar-refractivity contribution is 6.33. The Bertz CT molecular complexity index is 1020. The fourth-order valence-electron chi connectivity index (χ4n) is 3.48. The van der Waals surface area contributed by atoms with Gasteiger partial charge in [-0.3, -0.25) is 14.8 Å². The van der Waals surface area contributed by atoms with Crippen molar-refractivity contribution in [2.45, 2.75) is 18.9 Å². The Labute approximate surface area is 178 Å². The van der Waals surface area contributed by atoms with Crippen LogP contribution in [0.25, 0.3) is 17.1 Å². The summed E-state index contributed by atoms with van der Waals surface area (Å²) < 4.78 is 1.82. The Morgan fingerprint density at radius 2 is 1.93 bits per heavy atom. The molecule has 3 aromatic rings. The summed E-state index contributed by atoms with van der Waals surface area (Å²) in [6.07, 6.45) is 3.46. The van der Waals surface area contributed by atoms with Crippen molar-refractivity contribution in [3.8, 4) is 17.1 Å². The van der Waals surface area contributed by atoms with E-state index in [2.05, 4.69) is 10.4 Å². The quantitative estimate of drug-likeness (QED) is 0.642. The second-order valence-corrected chi connectivity index (χ2v) is 7.73. The van der Waals surface area contributed by atoms with Gasteiger partial charge in [-0.05, 0) is 49.2 Å². The number of hydrazine groups is 1. The van der Waals surface area contributed by atoms with E-state index in [0.717, 1.165) is 24.1 Å². The molecule has 6 nitrogen and oxygen atoms in total. The van der Waals surface area contributed by atoms with E-state index >= 15 is 0 Å². The van der Waals surface area contributed by atoms with Gasteiger partial charge in [0.25, 0.3) is 5.91 Å². The molecule has 1 amide bonds. The van der Waals surface area contributed by atoms with E-state index in [4.69, 9.17) is 23.2 Å². The van der Waals surface area contributed by atoms with E-state index in [0.29, 0.717) is 22.4 Å². The minimum Gasteiger partial charge on any atom is -0.395 e. The zero-order valence-corrected chi connectivity index (χ0v) is 17.1. The third-order valence-corrected chi connectivity index (χ3v) is 5.57. The third kappa shape index (κ3) is 4.16. The van der Waals surface area contributed by atoms with Crippen molar-refractivity contribution in [1.82, 2.24) is 20.0 Å². The third-order valence-electron chi connectivity index (χ3n) is 4.99. The van der Waals surface area contributed by atoms with E-state index in [1.54, 1.807) is 29.4 Å². The van der Waals surface area contributed by atoms with Crippen LogP contribution in [0.2, 0.25) is 10.0 Å². The number of rotatable bonds is 5. The maximum absolute atomic E-state index is 12.9. The molecule has 150 valence electrons. The van der Waals surface area contributed by atoms with Gasteiger partial charge < -0.3 is 5.11 Å². The number of carbonyl (C=O) groups is 1. The summed E-state index contributed by atoms with van der Waals surface area (Å²) in [4.78, 5) is 17.4. The summed E-state index contributed by atoms with van der Waals surface area (Å²) in [5, 5.41) is 12.4. The first-order valence-electron chi connectivity index (χ1n) is 9.35. The van der Waals surface area contributed by atoms with Gasteiger partial charge in [-0.25, -0.2) is 9.99 Å². The number of aromatic nitrogens is 2. The Balaban J connectivity index is 1.72. The van der Waals surface area contributed by atoms with Crippen LogP contribution in [0.5, 0.6) is 0 Å². The van der Waals surface area contributed by atoms with Gasteiger partial charge in [0.2, 0.25) is 0 Å². The average molecular weight is 431 g/mol. The molecule has 2 N–H and O–H groups in total. The van der Waals surface area contributed by atoms with Crippen LogP contribution in [0.1, 0.15) is 23.3 Å². The van der Waals surface area contributed by atoms with Gasteiger partial charge in [0, 0.05) is 29.0 Å². The first-order chi connectivity index (χ1) is 14.1. The van der Waals surface area contributed by atoms with E-state index in [-0.39, 0.29) is 24.2 Å². The summed E-state index contributed by atoms with van der Waals surface area (Å²) in [7, 11) is 0. The predicted molar refractivity (Wildman–Crippen MR) is 113 cm³/mol. The van der Waals surface area contributed by atoms with Gasteiger partial charge in [-0.15, -0.1) is 0 Å². The Morgan fingerprint density at radius 1 is 1.17 bits per heavy atom. The molecule has 0 radical (unpaired) electrons. The molecule has 2 aromatic carbocycles. The highest BCUT2D eigenvalue weighted by atomic mass is 35.5. The van der Waals surface area contributed by atoms with Crippen molar-refractivity contribution < 1.29 is 9.90 Å². The van der Waals surface area contributed by atoms with Crippen LogP contribution >= 0.6 is 23.2 Å². The fraction of sp³-hybridized carbons (Fsp3) is 0.238. The number of aliphatic hydroxyl groups excluding tert-OH is 1. The average Bonchev–Trinajstić information content (AvgIpc) is 3.36. The molecule has 1 fully saturated rings. The van der Waals surface area contributed by atoms with Crippen LogP contribution in [-0.4, -0.2) is 44.8 Å². The standard InChI is InChI=1S/C21H20Cl2N4O2/c22-14-7-9-15(10-8-14)26-12-19(21(29)25-27-11-3-4-16(27)13-28)24-20(26)17-5-1-2-6-18(17)23/h1-2,5-10,12,16,28H,3-4,11,13H2,(H,25,29)/t16-/m0/s1. The molecule has 4 rings (SSSR count). The number of nitrogens with zero attached hydrogens (tertiary/aromatic N) is 3. The Kier molecular flexibility index (Phi) is 5.87. The van der Waals surface area contributed by atoms with Crippen molar-refractivity contribution in [2.75, 3.05) is 13.2 Å². The van der Waals surface area contributed by atoms with Crippen LogP contribution < -0.4 is 5.43 Å². The van der Waals surface area contributed by atoms with Crippen molar-refractivity contribution in [3.05, 3.63) is 70.5 Å². The van der Waals surface area contributed by atoms with Gasteiger partial charge in [-0.1, -0.05) is 35.3 Å². The van der Waals surface area contributed by atoms with E-state index in [1.807, 2.05) is 34.9 Å². The molecule has 0 unspecified atom stereocenters. The molecular formula is C21H20Cl2N4O2. The van der Waals surface area contributed by atoms with E-state index in [9.17, 15) is 9.90 Å². The SMILES string of the molecule is O=C(NN1CCC[C@H]1CO)c1cn(-c2ccc(Cl)cc2)c(-c2ccccc2Cl)n1. The number of carbonyl (C=O) groups excluding carboxylic acids is 1. The molecule has 1 aliphatic rings. The summed E-state index contributed by atoms with van der Waals surface area (Å²) >= 11 is 12.4. The normalized spacial score (nSPS) is 16.9. The summed E-state index contributed by atoms with van der Waals surface area (Å²) in [6, 6.07) is 14.6. The summed E-state index contributed by atoms with van der Waals surface area (Å²) in [6.45, 7) is 0.705. The van der Waals surface area contributed by atoms with Gasteiger partial charge in [0.15, 0.2) is 0 Å². The lowest BCUT2D eigenvalue weighted by molar-refractivity contribution is 0.0682. The van der Waals surface area contributed by atoms with Crippen LogP contribution in [0.15, 0.2) is 54.7 Å². The molecule has 1 atom stereocenters. The first kappa shape index (κ1) is 19.9. The van der Waals surface area contributed by atoms with E-state index in [1.165, 1.54) is 0 Å². The van der Waals surface area contributed by atoms with Gasteiger partial charge in [-0.2, -0.15) is 0 Å². The number of halogens is 2. The number of nitrogens with one attached hydrogen (secondary N) is 1. The maximum Gasteiger partial charge on any atom is 0.285 e. The highest BCUT2D eigenvalue weighted by Gasteiger charge is 2.27. The van der Waals surface area contributed by atoms with Gasteiger partial charge in [0.1, 0.15) is 11.5 Å². The minimum absolute atomic E-state index is 0.00433. The maximum atomic E-state index is 12.9. The molecule has 1 saturated heterocycles. The Hall–Kier alpha value is -2.38. The number of benzene rings is 2. The molecular weight excluding hydrogens is 411 g/mol. The second-order valence-electron chi connectivity index (χ2n) is 6.89. The van der Waals surface area contributed by atoms with Crippen LogP contribution in [0, 0.1) is 0 Å². The second kappa shape index (κ2) is 8.55. The Morgan fingerprint density at radius 3 is 2.66 bits per heavy atom. The molecule has 1 aromatic heterocycles. The lowest BCUT2D eigenvalue weighted by atomic mass is 10.2. The molecule has 0 spiro atoms. The summed E-state index contributed by atoms with van der Waals surface area (Å²) in [5.74, 6) is 0.231. The molecule has 1 aliphatic heterocycles. The van der Waals surface area contributed by atoms with Gasteiger partial charge in [0.05, 0.1) is 17.7 Å². The van der Waals surface area contributed by atoms with Crippen LogP contribution in [-0.2, 0) is 0 Å². The van der Waals surface area contributed by atoms with Crippen molar-refractivity contribution in [3.63, 3.8) is 0 Å². The topological polar surface area (TPSA) is 70.4 Å². The zero-order chi connectivity index (χ0) is 20.4. The van der Waals surface area contributed by atoms with Crippen LogP contribution in [0.3, 0.4) is 0 Å². The number of amides is 1. The lowest BCUT2D eigenvalue weighted by Crippen LogP contribution is -2.46. The first-order valence-corrected chi connectivity index (χ1v) is 10.1.